The summed E-state index contributed by atoms with van der Waals surface area (Å²) < 4.78 is 14.0. The summed E-state index contributed by atoms with van der Waals surface area (Å²) in [4.78, 5) is 4.24. The van der Waals surface area contributed by atoms with Gasteiger partial charge < -0.3 is 0 Å². The third-order valence-electron chi connectivity index (χ3n) is 1.88. The molecule has 0 spiro atoms. The van der Waals surface area contributed by atoms with Crippen molar-refractivity contribution in [2.24, 2.45) is 4.99 Å². The number of nitrogens with zero attached hydrogens (tertiary/aromatic N) is 2. The predicted octanol–water partition coefficient (Wildman–Crippen LogP) is 3.16. The van der Waals surface area contributed by atoms with Gasteiger partial charge >= 0.3 is 0 Å². The minimum atomic E-state index is -0.248. The second kappa shape index (κ2) is 6.06. The molecule has 0 amide bonds. The molecule has 0 saturated carbocycles. The summed E-state index contributed by atoms with van der Waals surface area (Å²) in [7, 11) is 0. The number of nitrogens with one attached hydrogen (secondary N) is 1. The van der Waals surface area contributed by atoms with Gasteiger partial charge in [-0.1, -0.05) is 11.8 Å². The highest BCUT2D eigenvalue weighted by Gasteiger charge is 2.07. The SMILES string of the molecule is CSC(=Nc1ccc(F)c(C)c1I)NC#N. The van der Waals surface area contributed by atoms with E-state index in [-0.39, 0.29) is 5.82 Å². The molecule has 0 aliphatic rings. The van der Waals surface area contributed by atoms with Crippen molar-refractivity contribution in [3.63, 3.8) is 0 Å². The van der Waals surface area contributed by atoms with Crippen LogP contribution >= 0.6 is 34.4 Å². The lowest BCUT2D eigenvalue weighted by atomic mass is 10.2. The molecule has 0 fully saturated rings. The van der Waals surface area contributed by atoms with E-state index in [4.69, 9.17) is 5.26 Å². The Bertz CT molecular complexity index is 468. The van der Waals surface area contributed by atoms with Gasteiger partial charge in [0, 0.05) is 9.13 Å². The van der Waals surface area contributed by atoms with Crippen molar-refractivity contribution in [1.29, 1.82) is 5.26 Å². The number of hydrogen-bond donors (Lipinski definition) is 1. The van der Waals surface area contributed by atoms with Gasteiger partial charge in [-0.25, -0.2) is 9.38 Å². The van der Waals surface area contributed by atoms with Crippen molar-refractivity contribution in [1.82, 2.24) is 5.32 Å². The Balaban J connectivity index is 3.15. The van der Waals surface area contributed by atoms with Crippen molar-refractivity contribution >= 4 is 45.2 Å². The monoisotopic (exact) mass is 349 g/mol. The van der Waals surface area contributed by atoms with E-state index in [1.54, 1.807) is 19.2 Å². The second-order valence-corrected chi connectivity index (χ2v) is 4.74. The van der Waals surface area contributed by atoms with E-state index >= 15 is 0 Å². The maximum atomic E-state index is 13.2. The molecule has 3 nitrogen and oxygen atoms in total. The Labute approximate surface area is 111 Å². The number of nitriles is 1. The van der Waals surface area contributed by atoms with Crippen LogP contribution in [0.15, 0.2) is 17.1 Å². The third kappa shape index (κ3) is 3.09. The van der Waals surface area contributed by atoms with Crippen LogP contribution in [0.5, 0.6) is 0 Å². The van der Waals surface area contributed by atoms with Crippen molar-refractivity contribution in [2.45, 2.75) is 6.92 Å². The van der Waals surface area contributed by atoms with Gasteiger partial charge in [0.25, 0.3) is 0 Å². The average Bonchev–Trinajstić information content (AvgIpc) is 2.29. The predicted molar refractivity (Wildman–Crippen MR) is 73.2 cm³/mol. The maximum Gasteiger partial charge on any atom is 0.183 e. The van der Waals surface area contributed by atoms with Gasteiger partial charge in [0.15, 0.2) is 11.4 Å². The number of thioether (sulfide) groups is 1. The Hall–Kier alpha value is -0.810. The molecular weight excluding hydrogens is 340 g/mol. The van der Waals surface area contributed by atoms with Crippen LogP contribution in [0.4, 0.5) is 10.1 Å². The first-order valence-corrected chi connectivity index (χ1v) is 6.63. The van der Waals surface area contributed by atoms with Crippen LogP contribution in [0.2, 0.25) is 0 Å². The first kappa shape index (κ1) is 13.3. The molecule has 0 aliphatic carbocycles. The summed E-state index contributed by atoms with van der Waals surface area (Å²) in [5, 5.41) is 11.5. The summed E-state index contributed by atoms with van der Waals surface area (Å²) in [5.74, 6) is -0.248. The Kier molecular flexibility index (Phi) is 5.02. The standard InChI is InChI=1S/C10H9FIN3S/c1-6-7(11)3-4-8(9(6)12)15-10(16-2)14-5-13/h3-4H,1-2H3,(H,14,15). The molecule has 6 heteroatoms. The van der Waals surface area contributed by atoms with Gasteiger partial charge in [-0.3, -0.25) is 5.32 Å². The van der Waals surface area contributed by atoms with Gasteiger partial charge in [0.05, 0.1) is 5.69 Å². The highest BCUT2D eigenvalue weighted by molar-refractivity contribution is 14.1. The lowest BCUT2D eigenvalue weighted by molar-refractivity contribution is 0.617. The van der Waals surface area contributed by atoms with E-state index in [2.05, 4.69) is 10.3 Å². The maximum absolute atomic E-state index is 13.2. The molecule has 0 bridgehead atoms. The van der Waals surface area contributed by atoms with Gasteiger partial charge in [-0.2, -0.15) is 5.26 Å². The number of hydrogen-bond acceptors (Lipinski definition) is 3. The molecule has 0 unspecified atom stereocenters. The number of aliphatic imine (C=N–C) groups is 1. The Morgan fingerprint density at radius 3 is 2.88 bits per heavy atom. The van der Waals surface area contributed by atoms with Crippen molar-refractivity contribution in [3.05, 3.63) is 27.1 Å². The summed E-state index contributed by atoms with van der Waals surface area (Å²) in [6.45, 7) is 1.70. The normalized spacial score (nSPS) is 11.1. The van der Waals surface area contributed by atoms with Crippen LogP contribution in [0.1, 0.15) is 5.56 Å². The van der Waals surface area contributed by atoms with Crippen molar-refractivity contribution < 1.29 is 4.39 Å². The summed E-state index contributed by atoms with van der Waals surface area (Å²) in [5.41, 5.74) is 1.23. The summed E-state index contributed by atoms with van der Waals surface area (Å²) in [6.07, 6.45) is 3.62. The number of rotatable bonds is 1. The lowest BCUT2D eigenvalue weighted by Crippen LogP contribution is -2.12. The largest absolute Gasteiger partial charge is 0.271 e. The van der Waals surface area contributed by atoms with E-state index in [0.717, 1.165) is 3.57 Å². The fourth-order valence-electron chi connectivity index (χ4n) is 1.02. The molecule has 0 heterocycles. The highest BCUT2D eigenvalue weighted by atomic mass is 127. The number of halogens is 2. The third-order valence-corrected chi connectivity index (χ3v) is 3.82. The van der Waals surface area contributed by atoms with Gasteiger partial charge in [0.1, 0.15) is 5.82 Å². The van der Waals surface area contributed by atoms with Crippen LogP contribution in [0, 0.1) is 27.8 Å². The quantitative estimate of drug-likeness (QED) is 0.279. The molecule has 0 aliphatic heterocycles. The minimum Gasteiger partial charge on any atom is -0.271 e. The Morgan fingerprint density at radius 2 is 2.31 bits per heavy atom. The van der Waals surface area contributed by atoms with Crippen LogP contribution in [0.25, 0.3) is 0 Å². The van der Waals surface area contributed by atoms with Crippen molar-refractivity contribution in [3.8, 4) is 6.19 Å². The summed E-state index contributed by atoms with van der Waals surface area (Å²) in [6, 6.07) is 2.97. The first-order valence-electron chi connectivity index (χ1n) is 4.32. The fourth-order valence-corrected chi connectivity index (χ4v) is 1.91. The van der Waals surface area contributed by atoms with E-state index in [0.29, 0.717) is 16.4 Å². The molecule has 84 valence electrons. The van der Waals surface area contributed by atoms with Crippen LogP contribution < -0.4 is 5.32 Å². The van der Waals surface area contributed by atoms with Gasteiger partial charge in [0.2, 0.25) is 0 Å². The smallest absolute Gasteiger partial charge is 0.183 e. The van der Waals surface area contributed by atoms with Crippen LogP contribution in [0.3, 0.4) is 0 Å². The molecule has 1 rings (SSSR count). The van der Waals surface area contributed by atoms with Crippen molar-refractivity contribution in [2.75, 3.05) is 6.26 Å². The summed E-state index contributed by atoms with van der Waals surface area (Å²) >= 11 is 3.37. The second-order valence-electron chi connectivity index (χ2n) is 2.86. The van der Waals surface area contributed by atoms with E-state index in [1.165, 1.54) is 17.8 Å². The number of amidine groups is 1. The Morgan fingerprint density at radius 1 is 1.62 bits per heavy atom. The molecule has 1 aromatic rings. The molecule has 0 saturated heterocycles. The van der Waals surface area contributed by atoms with Gasteiger partial charge in [-0.15, -0.1) is 0 Å². The molecule has 0 aromatic heterocycles. The average molecular weight is 349 g/mol. The number of benzene rings is 1. The van der Waals surface area contributed by atoms with Gasteiger partial charge in [-0.05, 0) is 47.9 Å². The fraction of sp³-hybridized carbons (Fsp3) is 0.200. The minimum absolute atomic E-state index is 0.248. The molecule has 0 atom stereocenters. The topological polar surface area (TPSA) is 48.2 Å². The van der Waals surface area contributed by atoms with E-state index in [1.807, 2.05) is 28.8 Å². The zero-order valence-electron chi connectivity index (χ0n) is 8.71. The van der Waals surface area contributed by atoms with E-state index < -0.39 is 0 Å². The molecule has 1 N–H and O–H groups in total. The molecule has 16 heavy (non-hydrogen) atoms. The van der Waals surface area contributed by atoms with E-state index in [9.17, 15) is 4.39 Å². The zero-order valence-corrected chi connectivity index (χ0v) is 11.7. The zero-order chi connectivity index (χ0) is 12.1. The first-order chi connectivity index (χ1) is 7.60. The van der Waals surface area contributed by atoms with Crippen LogP contribution in [-0.2, 0) is 0 Å². The van der Waals surface area contributed by atoms with Crippen LogP contribution in [-0.4, -0.2) is 11.4 Å². The lowest BCUT2D eigenvalue weighted by Gasteiger charge is -2.05. The molecule has 1 aromatic carbocycles. The highest BCUT2D eigenvalue weighted by Crippen LogP contribution is 2.27. The molecule has 0 radical (unpaired) electrons. The molecular formula is C10H9FIN3S.